The van der Waals surface area contributed by atoms with Gasteiger partial charge >= 0.3 is 0 Å². The Bertz CT molecular complexity index is 549. The maximum atomic E-state index is 5.94. The second kappa shape index (κ2) is 5.68. The Morgan fingerprint density at radius 2 is 2.21 bits per heavy atom. The summed E-state index contributed by atoms with van der Waals surface area (Å²) in [5, 5.41) is 4.41. The van der Waals surface area contributed by atoms with Gasteiger partial charge in [-0.05, 0) is 56.1 Å². The number of fused-ring (bicyclic) bond motifs is 1. The monoisotopic (exact) mass is 256 g/mol. The maximum Gasteiger partial charge on any atom is 0.0720 e. The molecule has 2 aromatic rings. The van der Waals surface area contributed by atoms with E-state index in [1.54, 1.807) is 0 Å². The first-order valence-electron chi connectivity index (χ1n) is 6.95. The molecule has 0 bridgehead atoms. The van der Waals surface area contributed by atoms with E-state index in [1.807, 2.05) is 19.3 Å². The molecule has 0 spiro atoms. The molecule has 0 amide bonds. The fraction of sp³-hybridized carbons (Fsp3) is 0.438. The van der Waals surface area contributed by atoms with Gasteiger partial charge in [-0.3, -0.25) is 4.98 Å². The van der Waals surface area contributed by atoms with Crippen LogP contribution < -0.4 is 5.32 Å². The van der Waals surface area contributed by atoms with Crippen LogP contribution in [0.15, 0.2) is 36.5 Å². The summed E-state index contributed by atoms with van der Waals surface area (Å²) >= 11 is 0. The van der Waals surface area contributed by atoms with Crippen LogP contribution in [0.5, 0.6) is 0 Å². The number of ether oxygens (including phenoxy) is 1. The lowest BCUT2D eigenvalue weighted by Crippen LogP contribution is -2.36. The van der Waals surface area contributed by atoms with Gasteiger partial charge in [-0.1, -0.05) is 12.1 Å². The summed E-state index contributed by atoms with van der Waals surface area (Å²) in [6.45, 7) is 1.82. The van der Waals surface area contributed by atoms with Crippen LogP contribution in [0.25, 0.3) is 10.9 Å². The first kappa shape index (κ1) is 12.6. The predicted octanol–water partition coefficient (Wildman–Crippen LogP) is 2.75. The number of hydrogen-bond acceptors (Lipinski definition) is 3. The second-order valence-corrected chi connectivity index (χ2v) is 5.36. The van der Waals surface area contributed by atoms with Crippen molar-refractivity contribution in [3.8, 4) is 0 Å². The highest BCUT2D eigenvalue weighted by molar-refractivity contribution is 5.78. The highest BCUT2D eigenvalue weighted by Gasteiger charge is 2.28. The number of hydrogen-bond donors (Lipinski definition) is 1. The minimum Gasteiger partial charge on any atom is -0.374 e. The lowest BCUT2D eigenvalue weighted by Gasteiger charge is -2.35. The molecule has 1 saturated carbocycles. The van der Waals surface area contributed by atoms with Gasteiger partial charge in [0.15, 0.2) is 0 Å². The minimum atomic E-state index is 0.447. The van der Waals surface area contributed by atoms with Gasteiger partial charge in [-0.25, -0.2) is 0 Å². The van der Waals surface area contributed by atoms with Crippen LogP contribution in [0.3, 0.4) is 0 Å². The molecule has 0 aliphatic heterocycles. The van der Waals surface area contributed by atoms with Crippen molar-refractivity contribution in [2.45, 2.75) is 25.6 Å². The molecule has 0 radical (unpaired) electrons. The Labute approximate surface area is 114 Å². The summed E-state index contributed by atoms with van der Waals surface area (Å²) in [7, 11) is 2.01. The van der Waals surface area contributed by atoms with Crippen LogP contribution in [-0.2, 0) is 11.3 Å². The summed E-state index contributed by atoms with van der Waals surface area (Å²) in [4.78, 5) is 4.33. The molecule has 3 rings (SSSR count). The van der Waals surface area contributed by atoms with E-state index in [0.717, 1.165) is 18.0 Å². The lowest BCUT2D eigenvalue weighted by molar-refractivity contribution is -0.0390. The third-order valence-electron chi connectivity index (χ3n) is 3.84. The van der Waals surface area contributed by atoms with Crippen molar-refractivity contribution >= 4 is 10.9 Å². The van der Waals surface area contributed by atoms with E-state index in [4.69, 9.17) is 4.74 Å². The predicted molar refractivity (Wildman–Crippen MR) is 77.0 cm³/mol. The maximum absolute atomic E-state index is 5.94. The average molecular weight is 256 g/mol. The van der Waals surface area contributed by atoms with Crippen LogP contribution in [-0.4, -0.2) is 24.7 Å². The zero-order valence-corrected chi connectivity index (χ0v) is 11.3. The summed E-state index contributed by atoms with van der Waals surface area (Å²) in [5.41, 5.74) is 2.28. The zero-order chi connectivity index (χ0) is 13.1. The fourth-order valence-electron chi connectivity index (χ4n) is 2.69. The summed E-state index contributed by atoms with van der Waals surface area (Å²) in [6, 6.07) is 10.4. The molecule has 1 aliphatic carbocycles. The quantitative estimate of drug-likeness (QED) is 0.893. The van der Waals surface area contributed by atoms with Gasteiger partial charge in [0.1, 0.15) is 0 Å². The first-order valence-corrected chi connectivity index (χ1v) is 6.95. The number of nitrogens with zero attached hydrogens (tertiary/aromatic N) is 1. The molecule has 1 N–H and O–H groups in total. The van der Waals surface area contributed by atoms with Crippen LogP contribution in [0.4, 0.5) is 0 Å². The molecular weight excluding hydrogens is 236 g/mol. The standard InChI is InChI=1S/C16H20N2O/c1-17-10-13-8-15(9-13)19-11-12-4-5-16-14(7-12)3-2-6-18-16/h2-7,13,15,17H,8-11H2,1H3. The van der Waals surface area contributed by atoms with Crippen molar-refractivity contribution < 1.29 is 4.74 Å². The highest BCUT2D eigenvalue weighted by Crippen LogP contribution is 2.30. The van der Waals surface area contributed by atoms with Gasteiger partial charge in [0, 0.05) is 11.6 Å². The van der Waals surface area contributed by atoms with Gasteiger partial charge in [-0.15, -0.1) is 0 Å². The van der Waals surface area contributed by atoms with Crippen molar-refractivity contribution in [3.63, 3.8) is 0 Å². The summed E-state index contributed by atoms with van der Waals surface area (Å²) < 4.78 is 5.94. The molecular formula is C16H20N2O. The Kier molecular flexibility index (Phi) is 3.76. The van der Waals surface area contributed by atoms with Crippen molar-refractivity contribution in [1.82, 2.24) is 10.3 Å². The molecule has 3 heteroatoms. The molecule has 19 heavy (non-hydrogen) atoms. The SMILES string of the molecule is CNCC1CC(OCc2ccc3ncccc3c2)C1. The number of pyridine rings is 1. The molecule has 100 valence electrons. The molecule has 0 unspecified atom stereocenters. The molecule has 1 aliphatic rings. The third-order valence-corrected chi connectivity index (χ3v) is 3.84. The Morgan fingerprint density at radius 3 is 3.05 bits per heavy atom. The van der Waals surface area contributed by atoms with Crippen LogP contribution in [0.2, 0.25) is 0 Å². The van der Waals surface area contributed by atoms with E-state index in [9.17, 15) is 0 Å². The van der Waals surface area contributed by atoms with Crippen LogP contribution >= 0.6 is 0 Å². The molecule has 1 heterocycles. The molecule has 1 fully saturated rings. The van der Waals surface area contributed by atoms with Crippen molar-refractivity contribution in [2.24, 2.45) is 5.92 Å². The zero-order valence-electron chi connectivity index (χ0n) is 11.3. The minimum absolute atomic E-state index is 0.447. The van der Waals surface area contributed by atoms with E-state index in [0.29, 0.717) is 12.7 Å². The van der Waals surface area contributed by atoms with E-state index in [-0.39, 0.29) is 0 Å². The van der Waals surface area contributed by atoms with E-state index in [1.165, 1.54) is 23.8 Å². The number of aromatic nitrogens is 1. The van der Waals surface area contributed by atoms with Gasteiger partial charge < -0.3 is 10.1 Å². The smallest absolute Gasteiger partial charge is 0.0720 e. The Hall–Kier alpha value is -1.45. The highest BCUT2D eigenvalue weighted by atomic mass is 16.5. The van der Waals surface area contributed by atoms with E-state index in [2.05, 4.69) is 34.6 Å². The number of nitrogens with one attached hydrogen (secondary N) is 1. The van der Waals surface area contributed by atoms with Crippen molar-refractivity contribution in [2.75, 3.05) is 13.6 Å². The third kappa shape index (κ3) is 2.94. The Morgan fingerprint density at radius 1 is 1.32 bits per heavy atom. The molecule has 1 aromatic carbocycles. The summed E-state index contributed by atoms with van der Waals surface area (Å²) in [5.74, 6) is 0.802. The van der Waals surface area contributed by atoms with E-state index < -0.39 is 0 Å². The van der Waals surface area contributed by atoms with Gasteiger partial charge in [-0.2, -0.15) is 0 Å². The number of benzene rings is 1. The molecule has 0 atom stereocenters. The van der Waals surface area contributed by atoms with Crippen molar-refractivity contribution in [1.29, 1.82) is 0 Å². The van der Waals surface area contributed by atoms with Crippen LogP contribution in [0.1, 0.15) is 18.4 Å². The van der Waals surface area contributed by atoms with Gasteiger partial charge in [0.2, 0.25) is 0 Å². The first-order chi connectivity index (χ1) is 9.35. The molecule has 1 aromatic heterocycles. The normalized spacial score (nSPS) is 22.4. The van der Waals surface area contributed by atoms with Gasteiger partial charge in [0.25, 0.3) is 0 Å². The topological polar surface area (TPSA) is 34.1 Å². The van der Waals surface area contributed by atoms with Crippen molar-refractivity contribution in [3.05, 3.63) is 42.1 Å². The Balaban J connectivity index is 1.55. The second-order valence-electron chi connectivity index (χ2n) is 5.36. The fourth-order valence-corrected chi connectivity index (χ4v) is 2.69. The van der Waals surface area contributed by atoms with Crippen LogP contribution in [0, 0.1) is 5.92 Å². The molecule has 3 nitrogen and oxygen atoms in total. The van der Waals surface area contributed by atoms with Gasteiger partial charge in [0.05, 0.1) is 18.2 Å². The van der Waals surface area contributed by atoms with E-state index >= 15 is 0 Å². The number of rotatable bonds is 5. The lowest BCUT2D eigenvalue weighted by atomic mass is 9.82. The average Bonchev–Trinajstić information content (AvgIpc) is 2.41. The summed E-state index contributed by atoms with van der Waals surface area (Å²) in [6.07, 6.45) is 4.66. The largest absolute Gasteiger partial charge is 0.374 e. The molecule has 0 saturated heterocycles.